The summed E-state index contributed by atoms with van der Waals surface area (Å²) in [4.78, 5) is 16.4. The van der Waals surface area contributed by atoms with Crippen molar-refractivity contribution in [2.75, 3.05) is 6.54 Å². The third kappa shape index (κ3) is 2.43. The number of hydrogen-bond donors (Lipinski definition) is 1. The Morgan fingerprint density at radius 3 is 3.00 bits per heavy atom. The summed E-state index contributed by atoms with van der Waals surface area (Å²) in [6.45, 7) is 0.526. The minimum Gasteiger partial charge on any atom is -0.330 e. The molecule has 0 aromatic carbocycles. The molecule has 0 atom stereocenters. The van der Waals surface area contributed by atoms with Crippen LogP contribution in [0.3, 0.4) is 0 Å². The van der Waals surface area contributed by atoms with E-state index in [1.54, 1.807) is 12.4 Å². The molecule has 0 fully saturated rings. The zero-order chi connectivity index (χ0) is 12.4. The highest BCUT2D eigenvalue weighted by atomic mass is 79.9. The van der Waals surface area contributed by atoms with Gasteiger partial charge >= 0.3 is 0 Å². The van der Waals surface area contributed by atoms with Crippen molar-refractivity contribution in [2.24, 2.45) is 12.8 Å². The van der Waals surface area contributed by atoms with E-state index in [1.165, 1.54) is 16.0 Å². The topological polar surface area (TPSA) is 86.7 Å². The molecule has 0 radical (unpaired) electrons. The van der Waals surface area contributed by atoms with Crippen LogP contribution in [0.2, 0.25) is 0 Å². The van der Waals surface area contributed by atoms with Crippen LogP contribution in [0.25, 0.3) is 0 Å². The maximum absolute atomic E-state index is 12.1. The number of nitrogens with two attached hydrogens (primary N) is 1. The molecule has 0 saturated heterocycles. The Hall–Kier alpha value is -1.12. The zero-order valence-electron chi connectivity index (χ0n) is 9.05. The molecule has 0 saturated carbocycles. The van der Waals surface area contributed by atoms with Crippen LogP contribution in [0.1, 0.15) is 21.2 Å². The first kappa shape index (κ1) is 12.3. The van der Waals surface area contributed by atoms with Crippen molar-refractivity contribution >= 4 is 33.0 Å². The molecule has 0 unspecified atom stereocenters. The minimum absolute atomic E-state index is 0.191. The molecular weight excluding hydrogens is 306 g/mol. The normalized spacial score (nSPS) is 10.8. The van der Waals surface area contributed by atoms with Crippen molar-refractivity contribution in [3.8, 4) is 0 Å². The number of ketones is 1. The number of nitrogens with zero attached hydrogens (tertiary/aromatic N) is 4. The first-order valence-electron chi connectivity index (χ1n) is 4.88. The summed E-state index contributed by atoms with van der Waals surface area (Å²) in [6.07, 6.45) is 0.683. The molecule has 2 aromatic heterocycles. The molecule has 0 amide bonds. The molecule has 2 rings (SSSR count). The van der Waals surface area contributed by atoms with Gasteiger partial charge in [0.25, 0.3) is 0 Å². The third-order valence-corrected chi connectivity index (χ3v) is 3.59. The summed E-state index contributed by atoms with van der Waals surface area (Å²) in [5.41, 5.74) is 6.24. The second kappa shape index (κ2) is 5.03. The molecule has 0 aliphatic carbocycles. The first-order chi connectivity index (χ1) is 8.13. The molecule has 2 N–H and O–H groups in total. The van der Waals surface area contributed by atoms with Gasteiger partial charge in [-0.05, 0) is 22.5 Å². The Kier molecular flexibility index (Phi) is 3.65. The highest BCUT2D eigenvalue weighted by Gasteiger charge is 2.20. The van der Waals surface area contributed by atoms with Crippen molar-refractivity contribution in [3.63, 3.8) is 0 Å². The van der Waals surface area contributed by atoms with E-state index in [0.29, 0.717) is 29.0 Å². The van der Waals surface area contributed by atoms with Crippen LogP contribution in [0, 0.1) is 0 Å². The number of halogens is 1. The van der Waals surface area contributed by atoms with Crippen LogP contribution < -0.4 is 5.73 Å². The van der Waals surface area contributed by atoms with Crippen LogP contribution in [0.4, 0.5) is 0 Å². The molecule has 0 aliphatic heterocycles. The lowest BCUT2D eigenvalue weighted by molar-refractivity contribution is 0.102. The average Bonchev–Trinajstić information content (AvgIpc) is 2.87. The Bertz CT molecular complexity index is 530. The van der Waals surface area contributed by atoms with Crippen molar-refractivity contribution in [3.05, 3.63) is 26.4 Å². The summed E-state index contributed by atoms with van der Waals surface area (Å²) in [6, 6.07) is 0. The SMILES string of the molecule is Cn1nnc(Br)c1C(=O)c1csc(CCN)n1. The number of carbonyl (C=O) groups is 1. The van der Waals surface area contributed by atoms with Gasteiger partial charge < -0.3 is 5.73 Å². The molecular formula is C9H10BrN5OS. The van der Waals surface area contributed by atoms with E-state index in [4.69, 9.17) is 5.73 Å². The molecule has 17 heavy (non-hydrogen) atoms. The van der Waals surface area contributed by atoms with E-state index in [2.05, 4.69) is 31.2 Å². The Labute approximate surface area is 110 Å². The maximum Gasteiger partial charge on any atom is 0.233 e. The van der Waals surface area contributed by atoms with Crippen molar-refractivity contribution in [2.45, 2.75) is 6.42 Å². The lowest BCUT2D eigenvalue weighted by Gasteiger charge is -1.97. The number of aryl methyl sites for hydroxylation is 1. The predicted molar refractivity (Wildman–Crippen MR) is 67.0 cm³/mol. The van der Waals surface area contributed by atoms with Gasteiger partial charge in [0.05, 0.1) is 5.01 Å². The summed E-state index contributed by atoms with van der Waals surface area (Å²) in [5.74, 6) is -0.191. The van der Waals surface area contributed by atoms with Crippen molar-refractivity contribution in [1.29, 1.82) is 0 Å². The van der Waals surface area contributed by atoms with Gasteiger partial charge in [-0.25, -0.2) is 9.67 Å². The second-order valence-electron chi connectivity index (χ2n) is 3.35. The zero-order valence-corrected chi connectivity index (χ0v) is 11.5. The van der Waals surface area contributed by atoms with E-state index in [-0.39, 0.29) is 5.78 Å². The van der Waals surface area contributed by atoms with Crippen molar-refractivity contribution in [1.82, 2.24) is 20.0 Å². The number of aromatic nitrogens is 4. The average molecular weight is 316 g/mol. The predicted octanol–water partition coefficient (Wildman–Crippen LogP) is 0.766. The van der Waals surface area contributed by atoms with Gasteiger partial charge in [0.15, 0.2) is 4.60 Å². The van der Waals surface area contributed by atoms with Crippen LogP contribution >= 0.6 is 27.3 Å². The summed E-state index contributed by atoms with van der Waals surface area (Å²) < 4.78 is 1.85. The summed E-state index contributed by atoms with van der Waals surface area (Å²) in [7, 11) is 1.66. The highest BCUT2D eigenvalue weighted by molar-refractivity contribution is 9.10. The van der Waals surface area contributed by atoms with Crippen LogP contribution in [-0.2, 0) is 13.5 Å². The smallest absolute Gasteiger partial charge is 0.233 e. The van der Waals surface area contributed by atoms with E-state index < -0.39 is 0 Å². The second-order valence-corrected chi connectivity index (χ2v) is 5.04. The van der Waals surface area contributed by atoms with E-state index >= 15 is 0 Å². The van der Waals surface area contributed by atoms with Gasteiger partial charge in [-0.15, -0.1) is 16.4 Å². The van der Waals surface area contributed by atoms with Crippen molar-refractivity contribution < 1.29 is 4.79 Å². The van der Waals surface area contributed by atoms with Crippen LogP contribution in [-0.4, -0.2) is 32.3 Å². The van der Waals surface area contributed by atoms with Gasteiger partial charge in [0.2, 0.25) is 5.78 Å². The molecule has 8 heteroatoms. The fourth-order valence-electron chi connectivity index (χ4n) is 1.35. The number of hydrogen-bond acceptors (Lipinski definition) is 6. The molecule has 0 spiro atoms. The quantitative estimate of drug-likeness (QED) is 0.842. The molecule has 2 heterocycles. The van der Waals surface area contributed by atoms with E-state index in [1.807, 2.05) is 0 Å². The van der Waals surface area contributed by atoms with E-state index in [0.717, 1.165) is 5.01 Å². The fraction of sp³-hybridized carbons (Fsp3) is 0.333. The third-order valence-electron chi connectivity index (χ3n) is 2.14. The monoisotopic (exact) mass is 315 g/mol. The van der Waals surface area contributed by atoms with Gasteiger partial charge in [-0.3, -0.25) is 4.79 Å². The highest BCUT2D eigenvalue weighted by Crippen LogP contribution is 2.18. The summed E-state index contributed by atoms with van der Waals surface area (Å²) in [5, 5.41) is 10.1. The van der Waals surface area contributed by atoms with Gasteiger partial charge in [0, 0.05) is 18.8 Å². The number of rotatable bonds is 4. The fourth-order valence-corrected chi connectivity index (χ4v) is 2.65. The number of thiazole rings is 1. The first-order valence-corrected chi connectivity index (χ1v) is 6.55. The Morgan fingerprint density at radius 1 is 1.65 bits per heavy atom. The van der Waals surface area contributed by atoms with Crippen LogP contribution in [0.15, 0.2) is 9.98 Å². The Morgan fingerprint density at radius 2 is 2.41 bits per heavy atom. The van der Waals surface area contributed by atoms with E-state index in [9.17, 15) is 4.79 Å². The maximum atomic E-state index is 12.1. The van der Waals surface area contributed by atoms with Gasteiger partial charge in [0.1, 0.15) is 11.4 Å². The van der Waals surface area contributed by atoms with Gasteiger partial charge in [-0.1, -0.05) is 5.21 Å². The van der Waals surface area contributed by atoms with Crippen LogP contribution in [0.5, 0.6) is 0 Å². The largest absolute Gasteiger partial charge is 0.330 e. The Balaban J connectivity index is 2.31. The molecule has 0 aliphatic rings. The lowest BCUT2D eigenvalue weighted by atomic mass is 10.2. The van der Waals surface area contributed by atoms with Gasteiger partial charge in [-0.2, -0.15) is 0 Å². The minimum atomic E-state index is -0.191. The summed E-state index contributed by atoms with van der Waals surface area (Å²) >= 11 is 4.63. The molecule has 6 nitrogen and oxygen atoms in total. The lowest BCUT2D eigenvalue weighted by Crippen LogP contribution is -2.10. The molecule has 2 aromatic rings. The molecule has 90 valence electrons. The molecule has 0 bridgehead atoms. The standard InChI is InChI=1S/C9H10BrN5OS/c1-15-7(9(10)13-14-15)8(16)5-4-17-6(12-5)2-3-11/h4H,2-3,11H2,1H3. The number of carbonyl (C=O) groups excluding carboxylic acids is 1.